The van der Waals surface area contributed by atoms with Crippen LogP contribution < -0.4 is 5.73 Å². The zero-order valence-electron chi connectivity index (χ0n) is 10.9. The monoisotopic (exact) mass is 282 g/mol. The molecule has 6 heteroatoms. The van der Waals surface area contributed by atoms with Gasteiger partial charge in [-0.05, 0) is 38.9 Å². The van der Waals surface area contributed by atoms with Crippen molar-refractivity contribution < 1.29 is 13.2 Å². The predicted octanol–water partition coefficient (Wildman–Crippen LogP) is 2.96. The minimum Gasteiger partial charge on any atom is -0.393 e. The number of likely N-dealkylation sites (tertiary alicyclic amines) is 1. The Morgan fingerprint density at radius 3 is 2.17 bits per heavy atom. The van der Waals surface area contributed by atoms with Crippen LogP contribution in [0.1, 0.15) is 33.1 Å². The lowest BCUT2D eigenvalue weighted by Gasteiger charge is -2.34. The van der Waals surface area contributed by atoms with Crippen LogP contribution in [0.4, 0.5) is 13.2 Å². The van der Waals surface area contributed by atoms with E-state index < -0.39 is 12.1 Å². The van der Waals surface area contributed by atoms with E-state index in [2.05, 4.69) is 4.90 Å². The molecule has 0 spiro atoms. The maximum atomic E-state index is 12.5. The fraction of sp³-hybridized carbons (Fsp3) is 0.917. The van der Waals surface area contributed by atoms with E-state index >= 15 is 0 Å². The van der Waals surface area contributed by atoms with Crippen LogP contribution in [0.2, 0.25) is 0 Å². The van der Waals surface area contributed by atoms with Gasteiger partial charge in [0.2, 0.25) is 0 Å². The van der Waals surface area contributed by atoms with E-state index in [9.17, 15) is 13.2 Å². The van der Waals surface area contributed by atoms with Gasteiger partial charge in [0.1, 0.15) is 0 Å². The fourth-order valence-electron chi connectivity index (χ4n) is 2.04. The summed E-state index contributed by atoms with van der Waals surface area (Å²) in [6.07, 6.45) is -2.84. The average molecular weight is 282 g/mol. The average Bonchev–Trinajstić information content (AvgIpc) is 2.25. The zero-order valence-corrected chi connectivity index (χ0v) is 11.7. The lowest BCUT2D eigenvalue weighted by molar-refractivity contribution is -0.185. The minimum absolute atomic E-state index is 0.205. The van der Waals surface area contributed by atoms with E-state index in [0.717, 1.165) is 13.0 Å². The van der Waals surface area contributed by atoms with Gasteiger partial charge >= 0.3 is 6.18 Å². The molecule has 0 aromatic carbocycles. The number of hydrogen-bond donors (Lipinski definition) is 1. The summed E-state index contributed by atoms with van der Waals surface area (Å²) >= 11 is 4.98. The predicted molar refractivity (Wildman–Crippen MR) is 70.4 cm³/mol. The van der Waals surface area contributed by atoms with Crippen molar-refractivity contribution in [3.8, 4) is 0 Å². The van der Waals surface area contributed by atoms with Crippen molar-refractivity contribution in [2.24, 2.45) is 17.1 Å². The van der Waals surface area contributed by atoms with Gasteiger partial charge in [0.05, 0.1) is 10.9 Å². The molecule has 1 heterocycles. The Labute approximate surface area is 112 Å². The largest absolute Gasteiger partial charge is 0.393 e. The number of alkyl halides is 3. The van der Waals surface area contributed by atoms with E-state index in [4.69, 9.17) is 18.0 Å². The van der Waals surface area contributed by atoms with Crippen LogP contribution in [0.5, 0.6) is 0 Å². The molecule has 0 bridgehead atoms. The number of rotatable bonds is 4. The maximum Gasteiger partial charge on any atom is 0.391 e. The van der Waals surface area contributed by atoms with E-state index in [1.165, 1.54) is 0 Å². The Morgan fingerprint density at radius 1 is 1.28 bits per heavy atom. The molecule has 0 aromatic heterocycles. The first-order chi connectivity index (χ1) is 8.13. The highest BCUT2D eigenvalue weighted by atomic mass is 32.1. The van der Waals surface area contributed by atoms with Crippen molar-refractivity contribution in [2.45, 2.75) is 39.3 Å². The van der Waals surface area contributed by atoms with Crippen molar-refractivity contribution in [3.05, 3.63) is 0 Å². The lowest BCUT2D eigenvalue weighted by Crippen LogP contribution is -2.41. The molecule has 1 saturated heterocycles. The molecule has 1 aliphatic heterocycles. The Morgan fingerprint density at radius 2 is 1.78 bits per heavy atom. The van der Waals surface area contributed by atoms with Gasteiger partial charge in [-0.2, -0.15) is 13.2 Å². The smallest absolute Gasteiger partial charge is 0.391 e. The molecule has 1 aliphatic rings. The molecule has 2 N–H and O–H groups in total. The Kier molecular flexibility index (Phi) is 5.00. The van der Waals surface area contributed by atoms with Crippen molar-refractivity contribution >= 4 is 17.2 Å². The first kappa shape index (κ1) is 15.7. The second-order valence-corrected chi connectivity index (χ2v) is 6.10. The van der Waals surface area contributed by atoms with Gasteiger partial charge in [-0.3, -0.25) is 0 Å². The third-order valence-corrected chi connectivity index (χ3v) is 4.32. The van der Waals surface area contributed by atoms with Crippen molar-refractivity contribution in [3.63, 3.8) is 0 Å². The molecular formula is C12H21F3N2S. The molecule has 1 rings (SSSR count). The molecule has 0 aromatic rings. The van der Waals surface area contributed by atoms with E-state index in [1.807, 2.05) is 13.8 Å². The summed E-state index contributed by atoms with van der Waals surface area (Å²) in [6, 6.07) is 0. The molecular weight excluding hydrogens is 261 g/mol. The molecule has 0 amide bonds. The molecule has 0 unspecified atom stereocenters. The van der Waals surface area contributed by atoms with Gasteiger partial charge in [0, 0.05) is 5.41 Å². The summed E-state index contributed by atoms with van der Waals surface area (Å²) < 4.78 is 37.5. The molecule has 106 valence electrons. The van der Waals surface area contributed by atoms with Crippen LogP contribution in [0.25, 0.3) is 0 Å². The zero-order chi connectivity index (χ0) is 14.0. The second-order valence-electron chi connectivity index (χ2n) is 5.66. The minimum atomic E-state index is -4.04. The summed E-state index contributed by atoms with van der Waals surface area (Å²) in [4.78, 5) is 2.54. The van der Waals surface area contributed by atoms with Crippen LogP contribution in [0.15, 0.2) is 0 Å². The SMILES string of the molecule is CC(C)(CCN1CCC(C(F)(F)F)CC1)C(N)=S. The highest BCUT2D eigenvalue weighted by Gasteiger charge is 2.41. The quantitative estimate of drug-likeness (QED) is 0.804. The molecule has 0 aliphatic carbocycles. The van der Waals surface area contributed by atoms with E-state index in [-0.39, 0.29) is 18.3 Å². The Bertz CT molecular complexity index is 294. The number of piperidine rings is 1. The normalized spacial score (nSPS) is 20.1. The Hall–Kier alpha value is -0.360. The van der Waals surface area contributed by atoms with Crippen LogP contribution in [0, 0.1) is 11.3 Å². The van der Waals surface area contributed by atoms with Crippen molar-refractivity contribution in [1.29, 1.82) is 0 Å². The summed E-state index contributed by atoms with van der Waals surface area (Å²) in [5.41, 5.74) is 5.40. The van der Waals surface area contributed by atoms with Gasteiger partial charge in [0.25, 0.3) is 0 Å². The number of nitrogens with zero attached hydrogens (tertiary/aromatic N) is 1. The third-order valence-electron chi connectivity index (χ3n) is 3.77. The fourth-order valence-corrected chi connectivity index (χ4v) is 2.15. The highest BCUT2D eigenvalue weighted by molar-refractivity contribution is 7.80. The first-order valence-corrected chi connectivity index (χ1v) is 6.63. The highest BCUT2D eigenvalue weighted by Crippen LogP contribution is 2.34. The Balaban J connectivity index is 2.35. The molecule has 2 nitrogen and oxygen atoms in total. The van der Waals surface area contributed by atoms with Crippen LogP contribution in [0.3, 0.4) is 0 Å². The van der Waals surface area contributed by atoms with E-state index in [0.29, 0.717) is 18.1 Å². The second kappa shape index (κ2) is 5.74. The van der Waals surface area contributed by atoms with Crippen LogP contribution in [-0.4, -0.2) is 35.7 Å². The molecule has 0 radical (unpaired) electrons. The van der Waals surface area contributed by atoms with Gasteiger partial charge in [-0.25, -0.2) is 0 Å². The van der Waals surface area contributed by atoms with Crippen LogP contribution >= 0.6 is 12.2 Å². The number of hydrogen-bond acceptors (Lipinski definition) is 2. The van der Waals surface area contributed by atoms with Gasteiger partial charge in [0.15, 0.2) is 0 Å². The molecule has 0 saturated carbocycles. The summed E-state index contributed by atoms with van der Waals surface area (Å²) in [6.45, 7) is 5.72. The summed E-state index contributed by atoms with van der Waals surface area (Å²) in [5.74, 6) is -1.13. The molecule has 1 fully saturated rings. The number of halogens is 3. The molecule has 0 atom stereocenters. The van der Waals surface area contributed by atoms with Crippen molar-refractivity contribution in [1.82, 2.24) is 4.90 Å². The topological polar surface area (TPSA) is 29.3 Å². The standard InChI is InChI=1S/C12H21F3N2S/c1-11(2,10(16)18)5-8-17-6-3-9(4-7-17)12(13,14)15/h9H,3-8H2,1-2H3,(H2,16,18). The number of thiocarbonyl (C=S) groups is 1. The van der Waals surface area contributed by atoms with E-state index in [1.54, 1.807) is 0 Å². The van der Waals surface area contributed by atoms with Crippen LogP contribution in [-0.2, 0) is 0 Å². The van der Waals surface area contributed by atoms with Crippen molar-refractivity contribution in [2.75, 3.05) is 19.6 Å². The summed E-state index contributed by atoms with van der Waals surface area (Å²) in [5, 5.41) is 0. The molecule has 18 heavy (non-hydrogen) atoms. The van der Waals surface area contributed by atoms with Gasteiger partial charge in [-0.1, -0.05) is 26.1 Å². The van der Waals surface area contributed by atoms with Gasteiger partial charge < -0.3 is 10.6 Å². The third kappa shape index (κ3) is 4.39. The number of nitrogens with two attached hydrogens (primary N) is 1. The van der Waals surface area contributed by atoms with Gasteiger partial charge in [-0.15, -0.1) is 0 Å². The first-order valence-electron chi connectivity index (χ1n) is 6.22. The lowest BCUT2D eigenvalue weighted by atomic mass is 9.88. The summed E-state index contributed by atoms with van der Waals surface area (Å²) in [7, 11) is 0. The maximum absolute atomic E-state index is 12.5.